The summed E-state index contributed by atoms with van der Waals surface area (Å²) in [6.07, 6.45) is -2.40. The van der Waals surface area contributed by atoms with Gasteiger partial charge >= 0.3 is 6.18 Å². The summed E-state index contributed by atoms with van der Waals surface area (Å²) in [7, 11) is 0. The molecule has 0 aliphatic carbocycles. The molecule has 1 saturated heterocycles. The number of amidine groups is 2. The summed E-state index contributed by atoms with van der Waals surface area (Å²) in [5, 5.41) is 2.66. The third kappa shape index (κ3) is 6.41. The standard InChI is InChI=1S/C21H27F3N4O2/c1-13(14(2)25)19(28-20(26-12-29)17-8-10-30-11-9-17)27-15(3)16-4-6-18(7-5-16)21(22,23)24/h4-7,12,15,17H,8-11,25H2,1-3H3,(H,26,27,28,29). The van der Waals surface area contributed by atoms with Crippen molar-refractivity contribution in [1.29, 1.82) is 0 Å². The van der Waals surface area contributed by atoms with Gasteiger partial charge in [-0.1, -0.05) is 12.1 Å². The van der Waals surface area contributed by atoms with Gasteiger partial charge in [0.1, 0.15) is 5.84 Å². The number of carbonyl (C=O) groups is 1. The van der Waals surface area contributed by atoms with Crippen LogP contribution in [0.15, 0.2) is 45.5 Å². The van der Waals surface area contributed by atoms with Crippen LogP contribution in [0.1, 0.15) is 50.8 Å². The van der Waals surface area contributed by atoms with Gasteiger partial charge in [0, 0.05) is 30.4 Å². The molecule has 1 aromatic carbocycles. The topological polar surface area (TPSA) is 89.1 Å². The molecule has 6 nitrogen and oxygen atoms in total. The number of ether oxygens (including phenoxy) is 1. The maximum atomic E-state index is 12.8. The van der Waals surface area contributed by atoms with Crippen molar-refractivity contribution in [3.05, 3.63) is 46.7 Å². The lowest BCUT2D eigenvalue weighted by Gasteiger charge is -2.23. The molecule has 9 heteroatoms. The molecule has 164 valence electrons. The average molecular weight is 424 g/mol. The van der Waals surface area contributed by atoms with Gasteiger partial charge in [-0.2, -0.15) is 13.2 Å². The van der Waals surface area contributed by atoms with Gasteiger partial charge in [-0.3, -0.25) is 9.79 Å². The molecule has 1 aliphatic heterocycles. The van der Waals surface area contributed by atoms with Gasteiger partial charge in [0.2, 0.25) is 6.41 Å². The highest BCUT2D eigenvalue weighted by atomic mass is 19.4. The van der Waals surface area contributed by atoms with Crippen molar-refractivity contribution in [2.24, 2.45) is 21.6 Å². The predicted octanol–water partition coefficient (Wildman–Crippen LogP) is 3.99. The van der Waals surface area contributed by atoms with Crippen LogP contribution in [0.3, 0.4) is 0 Å². The second-order valence-corrected chi connectivity index (χ2v) is 7.20. The van der Waals surface area contributed by atoms with Crippen molar-refractivity contribution < 1.29 is 22.7 Å². The number of nitrogens with two attached hydrogens (primary N) is 1. The Morgan fingerprint density at radius 2 is 1.83 bits per heavy atom. The molecule has 0 aromatic heterocycles. The number of allylic oxidation sites excluding steroid dienone is 1. The fraction of sp³-hybridized carbons (Fsp3) is 0.476. The molecule has 1 aromatic rings. The van der Waals surface area contributed by atoms with Crippen LogP contribution in [-0.4, -0.2) is 31.3 Å². The molecular weight excluding hydrogens is 397 g/mol. The molecular formula is C21H27F3N4O2. The molecule has 0 radical (unpaired) electrons. The maximum absolute atomic E-state index is 12.8. The number of hydrogen-bond acceptors (Lipinski definition) is 4. The molecule has 2 rings (SSSR count). The number of carbonyl (C=O) groups excluding carboxylic acids is 1. The lowest BCUT2D eigenvalue weighted by Crippen LogP contribution is -2.34. The number of nitrogens with one attached hydrogen (secondary N) is 1. The number of amides is 1. The van der Waals surface area contributed by atoms with Gasteiger partial charge in [0.25, 0.3) is 0 Å². The highest BCUT2D eigenvalue weighted by molar-refractivity contribution is 6.08. The Morgan fingerprint density at radius 3 is 2.33 bits per heavy atom. The van der Waals surface area contributed by atoms with Gasteiger partial charge in [0.05, 0.1) is 11.6 Å². The van der Waals surface area contributed by atoms with Crippen molar-refractivity contribution in [1.82, 2.24) is 5.32 Å². The molecule has 30 heavy (non-hydrogen) atoms. The number of halogens is 3. The van der Waals surface area contributed by atoms with Crippen LogP contribution < -0.4 is 11.1 Å². The number of rotatable bonds is 5. The van der Waals surface area contributed by atoms with Crippen LogP contribution in [0.4, 0.5) is 13.2 Å². The first kappa shape index (κ1) is 23.6. The predicted molar refractivity (Wildman–Crippen MR) is 110 cm³/mol. The second-order valence-electron chi connectivity index (χ2n) is 7.20. The number of alkyl halides is 3. The Labute approximate surface area is 174 Å². The Bertz CT molecular complexity index is 820. The largest absolute Gasteiger partial charge is 0.416 e. The Balaban J connectivity index is 2.40. The normalized spacial score (nSPS) is 18.6. The minimum absolute atomic E-state index is 0.0152. The third-order valence-electron chi connectivity index (χ3n) is 5.00. The van der Waals surface area contributed by atoms with E-state index in [1.54, 1.807) is 20.8 Å². The van der Waals surface area contributed by atoms with Crippen molar-refractivity contribution in [3.8, 4) is 0 Å². The number of hydrogen-bond donors (Lipinski definition) is 2. The minimum Gasteiger partial charge on any atom is -0.402 e. The smallest absolute Gasteiger partial charge is 0.402 e. The van der Waals surface area contributed by atoms with Crippen molar-refractivity contribution in [2.45, 2.75) is 45.8 Å². The van der Waals surface area contributed by atoms with Gasteiger partial charge < -0.3 is 15.8 Å². The van der Waals surface area contributed by atoms with Crippen molar-refractivity contribution in [3.63, 3.8) is 0 Å². The summed E-state index contributed by atoms with van der Waals surface area (Å²) in [5.74, 6) is 0.826. The summed E-state index contributed by atoms with van der Waals surface area (Å²) in [6, 6.07) is 4.39. The number of aliphatic imine (C=N–C) groups is 2. The van der Waals surface area contributed by atoms with Crippen LogP contribution >= 0.6 is 0 Å². The molecule has 0 bridgehead atoms. The van der Waals surface area contributed by atoms with E-state index < -0.39 is 17.8 Å². The van der Waals surface area contributed by atoms with E-state index in [1.807, 2.05) is 0 Å². The minimum atomic E-state index is -4.39. The molecule has 0 spiro atoms. The lowest BCUT2D eigenvalue weighted by atomic mass is 9.98. The Hall–Kier alpha value is -2.68. The molecule has 1 aliphatic rings. The van der Waals surface area contributed by atoms with Gasteiger partial charge in [-0.05, 0) is 51.3 Å². The maximum Gasteiger partial charge on any atom is 0.416 e. The quantitative estimate of drug-likeness (QED) is 0.426. The van der Waals surface area contributed by atoms with E-state index >= 15 is 0 Å². The molecule has 1 fully saturated rings. The van der Waals surface area contributed by atoms with E-state index in [1.165, 1.54) is 12.1 Å². The van der Waals surface area contributed by atoms with E-state index in [0.29, 0.717) is 61.0 Å². The van der Waals surface area contributed by atoms with E-state index in [4.69, 9.17) is 10.5 Å². The summed E-state index contributed by atoms with van der Waals surface area (Å²) in [5.41, 5.74) is 6.97. The highest BCUT2D eigenvalue weighted by Crippen LogP contribution is 2.30. The van der Waals surface area contributed by atoms with Crippen LogP contribution in [0.25, 0.3) is 0 Å². The summed E-state index contributed by atoms with van der Waals surface area (Å²) < 4.78 is 43.8. The number of benzene rings is 1. The van der Waals surface area contributed by atoms with E-state index in [-0.39, 0.29) is 5.92 Å². The van der Waals surface area contributed by atoms with Crippen molar-refractivity contribution in [2.75, 3.05) is 13.2 Å². The fourth-order valence-corrected chi connectivity index (χ4v) is 2.98. The lowest BCUT2D eigenvalue weighted by molar-refractivity contribution is -0.137. The monoisotopic (exact) mass is 424 g/mol. The van der Waals surface area contributed by atoms with Crippen molar-refractivity contribution >= 4 is 18.1 Å². The van der Waals surface area contributed by atoms with Gasteiger partial charge in [0.15, 0.2) is 5.84 Å². The first-order valence-corrected chi connectivity index (χ1v) is 9.68. The van der Waals surface area contributed by atoms with E-state index in [2.05, 4.69) is 15.3 Å². The molecule has 0 saturated carbocycles. The molecule has 1 atom stereocenters. The van der Waals surface area contributed by atoms with Crippen LogP contribution in [-0.2, 0) is 15.7 Å². The SMILES string of the molecule is CC(N)=C(C)C(=NC(C)c1ccc(C(F)(F)F)cc1)N=C(NC=O)C1CCOCC1. The first-order chi connectivity index (χ1) is 14.1. The van der Waals surface area contributed by atoms with Crippen LogP contribution in [0.5, 0.6) is 0 Å². The summed E-state index contributed by atoms with van der Waals surface area (Å²) in [4.78, 5) is 20.3. The Morgan fingerprint density at radius 1 is 1.23 bits per heavy atom. The number of nitrogens with zero attached hydrogens (tertiary/aromatic N) is 2. The zero-order valence-corrected chi connectivity index (χ0v) is 17.3. The van der Waals surface area contributed by atoms with Gasteiger partial charge in [-0.25, -0.2) is 4.99 Å². The highest BCUT2D eigenvalue weighted by Gasteiger charge is 2.30. The Kier molecular flexibility index (Phi) is 8.16. The molecule has 1 amide bonds. The van der Waals surface area contributed by atoms with E-state index in [9.17, 15) is 18.0 Å². The van der Waals surface area contributed by atoms with E-state index in [0.717, 1.165) is 12.1 Å². The third-order valence-corrected chi connectivity index (χ3v) is 5.00. The molecule has 1 heterocycles. The fourth-order valence-electron chi connectivity index (χ4n) is 2.98. The summed E-state index contributed by atoms with van der Waals surface area (Å²) in [6.45, 7) is 6.38. The van der Waals surface area contributed by atoms with Crippen LogP contribution in [0, 0.1) is 5.92 Å². The summed E-state index contributed by atoms with van der Waals surface area (Å²) >= 11 is 0. The zero-order chi connectivity index (χ0) is 22.3. The first-order valence-electron chi connectivity index (χ1n) is 9.68. The van der Waals surface area contributed by atoms with Crippen LogP contribution in [0.2, 0.25) is 0 Å². The molecule has 1 unspecified atom stereocenters. The van der Waals surface area contributed by atoms with Gasteiger partial charge in [-0.15, -0.1) is 0 Å². The zero-order valence-electron chi connectivity index (χ0n) is 17.3. The second kappa shape index (κ2) is 10.4. The molecule has 3 N–H and O–H groups in total. The average Bonchev–Trinajstić information content (AvgIpc) is 2.72.